The zero-order valence-electron chi connectivity index (χ0n) is 10.9. The van der Waals surface area contributed by atoms with Gasteiger partial charge in [-0.2, -0.15) is 4.52 Å². The SMILES string of the molecule is COc1c(C2CC2)[nH]n2c(=O)c(C(C)C)cnc12. The number of hydrogen-bond acceptors (Lipinski definition) is 3. The lowest BCUT2D eigenvalue weighted by molar-refractivity contribution is 0.413. The van der Waals surface area contributed by atoms with Crippen molar-refractivity contribution in [1.29, 1.82) is 0 Å². The molecule has 1 saturated carbocycles. The number of nitrogens with one attached hydrogen (secondary N) is 1. The van der Waals surface area contributed by atoms with Crippen molar-refractivity contribution < 1.29 is 4.74 Å². The minimum Gasteiger partial charge on any atom is -0.491 e. The number of ether oxygens (including phenoxy) is 1. The predicted molar refractivity (Wildman–Crippen MR) is 68.4 cm³/mol. The van der Waals surface area contributed by atoms with Gasteiger partial charge >= 0.3 is 0 Å². The lowest BCUT2D eigenvalue weighted by atomic mass is 10.1. The molecule has 5 heteroatoms. The minimum absolute atomic E-state index is 0.0276. The molecule has 1 fully saturated rings. The fourth-order valence-corrected chi connectivity index (χ4v) is 2.27. The summed E-state index contributed by atoms with van der Waals surface area (Å²) in [4.78, 5) is 16.7. The lowest BCUT2D eigenvalue weighted by Crippen LogP contribution is -2.20. The Morgan fingerprint density at radius 1 is 1.50 bits per heavy atom. The van der Waals surface area contributed by atoms with Gasteiger partial charge in [0, 0.05) is 17.7 Å². The molecule has 2 heterocycles. The van der Waals surface area contributed by atoms with Crippen LogP contribution in [-0.2, 0) is 0 Å². The molecular formula is C13H17N3O2. The Kier molecular flexibility index (Phi) is 2.43. The van der Waals surface area contributed by atoms with Gasteiger partial charge in [0.05, 0.1) is 12.8 Å². The first kappa shape index (κ1) is 11.3. The molecule has 18 heavy (non-hydrogen) atoms. The van der Waals surface area contributed by atoms with E-state index in [1.807, 2.05) is 13.8 Å². The molecule has 3 rings (SSSR count). The van der Waals surface area contributed by atoms with Gasteiger partial charge in [0.15, 0.2) is 11.4 Å². The molecule has 1 aliphatic rings. The fraction of sp³-hybridized carbons (Fsp3) is 0.538. The van der Waals surface area contributed by atoms with Crippen molar-refractivity contribution >= 4 is 5.65 Å². The van der Waals surface area contributed by atoms with Crippen molar-refractivity contribution in [3.05, 3.63) is 27.8 Å². The summed E-state index contributed by atoms with van der Waals surface area (Å²) in [6.07, 6.45) is 3.96. The monoisotopic (exact) mass is 247 g/mol. The molecule has 96 valence electrons. The maximum atomic E-state index is 12.3. The number of aromatic nitrogens is 3. The van der Waals surface area contributed by atoms with Crippen molar-refractivity contribution in [1.82, 2.24) is 14.6 Å². The third-order valence-electron chi connectivity index (χ3n) is 3.48. The molecule has 0 unspecified atom stereocenters. The van der Waals surface area contributed by atoms with E-state index in [-0.39, 0.29) is 11.5 Å². The van der Waals surface area contributed by atoms with Crippen molar-refractivity contribution in [2.24, 2.45) is 0 Å². The van der Waals surface area contributed by atoms with Crippen LogP contribution in [0.25, 0.3) is 5.65 Å². The number of aromatic amines is 1. The van der Waals surface area contributed by atoms with Gasteiger partial charge < -0.3 is 4.74 Å². The Hall–Kier alpha value is -1.78. The highest BCUT2D eigenvalue weighted by Crippen LogP contribution is 2.44. The number of H-pyrrole nitrogens is 1. The van der Waals surface area contributed by atoms with Crippen LogP contribution in [0.4, 0.5) is 0 Å². The number of methoxy groups -OCH3 is 1. The topological polar surface area (TPSA) is 59.4 Å². The zero-order chi connectivity index (χ0) is 12.9. The summed E-state index contributed by atoms with van der Waals surface area (Å²) in [7, 11) is 1.62. The van der Waals surface area contributed by atoms with E-state index in [1.165, 1.54) is 4.52 Å². The highest BCUT2D eigenvalue weighted by atomic mass is 16.5. The Balaban J connectivity index is 2.29. The first-order valence-corrected chi connectivity index (χ1v) is 6.31. The average molecular weight is 247 g/mol. The maximum absolute atomic E-state index is 12.3. The summed E-state index contributed by atoms with van der Waals surface area (Å²) < 4.78 is 6.92. The molecule has 5 nitrogen and oxygen atoms in total. The largest absolute Gasteiger partial charge is 0.491 e. The van der Waals surface area contributed by atoms with Crippen LogP contribution < -0.4 is 10.3 Å². The number of rotatable bonds is 3. The summed E-state index contributed by atoms with van der Waals surface area (Å²) in [5.74, 6) is 1.37. The van der Waals surface area contributed by atoms with Gasteiger partial charge in [0.2, 0.25) is 0 Å². The maximum Gasteiger partial charge on any atom is 0.276 e. The highest BCUT2D eigenvalue weighted by molar-refractivity contribution is 5.58. The van der Waals surface area contributed by atoms with Gasteiger partial charge in [-0.05, 0) is 18.8 Å². The Bertz CT molecular complexity index is 650. The molecule has 1 N–H and O–H groups in total. The second kappa shape index (κ2) is 3.86. The van der Waals surface area contributed by atoms with Crippen molar-refractivity contribution in [3.63, 3.8) is 0 Å². The molecule has 0 aromatic carbocycles. The van der Waals surface area contributed by atoms with E-state index in [0.717, 1.165) is 24.1 Å². The quantitative estimate of drug-likeness (QED) is 0.902. The molecule has 0 aliphatic heterocycles. The van der Waals surface area contributed by atoms with Gasteiger partial charge in [-0.25, -0.2) is 4.98 Å². The van der Waals surface area contributed by atoms with Crippen LogP contribution in [0.15, 0.2) is 11.0 Å². The molecule has 1 aliphatic carbocycles. The first-order chi connectivity index (χ1) is 8.63. The van der Waals surface area contributed by atoms with Gasteiger partial charge in [-0.1, -0.05) is 13.8 Å². The second-order valence-corrected chi connectivity index (χ2v) is 5.17. The second-order valence-electron chi connectivity index (χ2n) is 5.17. The third-order valence-corrected chi connectivity index (χ3v) is 3.48. The normalized spacial score (nSPS) is 15.6. The Morgan fingerprint density at radius 3 is 2.78 bits per heavy atom. The Labute approximate surface area is 105 Å². The first-order valence-electron chi connectivity index (χ1n) is 6.31. The molecular weight excluding hydrogens is 230 g/mol. The van der Waals surface area contributed by atoms with Crippen molar-refractivity contribution in [3.8, 4) is 5.75 Å². The van der Waals surface area contributed by atoms with Crippen LogP contribution in [0.1, 0.15) is 49.8 Å². The summed E-state index contributed by atoms with van der Waals surface area (Å²) in [5, 5.41) is 3.16. The molecule has 0 saturated heterocycles. The summed E-state index contributed by atoms with van der Waals surface area (Å²) in [6.45, 7) is 3.99. The zero-order valence-corrected chi connectivity index (χ0v) is 10.9. The molecule has 0 radical (unpaired) electrons. The number of fused-ring (bicyclic) bond motifs is 1. The van der Waals surface area contributed by atoms with Gasteiger partial charge in [-0.15, -0.1) is 0 Å². The molecule has 0 atom stereocenters. The molecule has 0 spiro atoms. The lowest BCUT2D eigenvalue weighted by Gasteiger charge is -2.03. The van der Waals surface area contributed by atoms with E-state index >= 15 is 0 Å². The van der Waals surface area contributed by atoms with E-state index < -0.39 is 0 Å². The van der Waals surface area contributed by atoms with Gasteiger partial charge in [0.1, 0.15) is 0 Å². The van der Waals surface area contributed by atoms with E-state index in [4.69, 9.17) is 4.74 Å². The Morgan fingerprint density at radius 2 is 2.22 bits per heavy atom. The number of hydrogen-bond donors (Lipinski definition) is 1. The van der Waals surface area contributed by atoms with E-state index in [2.05, 4.69) is 10.1 Å². The molecule has 2 aromatic heterocycles. The summed E-state index contributed by atoms with van der Waals surface area (Å²) in [6, 6.07) is 0. The third kappa shape index (κ3) is 1.54. The molecule has 0 bridgehead atoms. The van der Waals surface area contributed by atoms with Crippen LogP contribution in [-0.4, -0.2) is 21.7 Å². The van der Waals surface area contributed by atoms with E-state index in [0.29, 0.717) is 17.3 Å². The van der Waals surface area contributed by atoms with Crippen molar-refractivity contribution in [2.45, 2.75) is 38.5 Å². The summed E-state index contributed by atoms with van der Waals surface area (Å²) in [5.41, 5.74) is 2.29. The van der Waals surface area contributed by atoms with E-state index in [1.54, 1.807) is 13.3 Å². The minimum atomic E-state index is -0.0276. The van der Waals surface area contributed by atoms with Gasteiger partial charge in [0.25, 0.3) is 5.56 Å². The van der Waals surface area contributed by atoms with Gasteiger partial charge in [-0.3, -0.25) is 9.89 Å². The smallest absolute Gasteiger partial charge is 0.276 e. The standard InChI is InChI=1S/C13H17N3O2/c1-7(2)9-6-14-12-11(18-3)10(8-4-5-8)15-16(12)13(9)17/h6-8,15H,4-5H2,1-3H3. The van der Waals surface area contributed by atoms with Crippen LogP contribution in [0, 0.1) is 0 Å². The van der Waals surface area contributed by atoms with Crippen LogP contribution in [0.5, 0.6) is 5.75 Å². The van der Waals surface area contributed by atoms with Crippen LogP contribution in [0.3, 0.4) is 0 Å². The van der Waals surface area contributed by atoms with Crippen LogP contribution >= 0.6 is 0 Å². The predicted octanol–water partition coefficient (Wildman–Crippen LogP) is 2.03. The summed E-state index contributed by atoms with van der Waals surface area (Å²) >= 11 is 0. The van der Waals surface area contributed by atoms with E-state index in [9.17, 15) is 4.79 Å². The molecule has 0 amide bonds. The molecule has 2 aromatic rings. The van der Waals surface area contributed by atoms with Crippen LogP contribution in [0.2, 0.25) is 0 Å². The fourth-order valence-electron chi connectivity index (χ4n) is 2.27. The van der Waals surface area contributed by atoms with Crippen molar-refractivity contribution in [2.75, 3.05) is 7.11 Å². The average Bonchev–Trinajstić information content (AvgIpc) is 3.10. The number of nitrogens with zero attached hydrogens (tertiary/aromatic N) is 2. The highest BCUT2D eigenvalue weighted by Gasteiger charge is 2.31.